The lowest BCUT2D eigenvalue weighted by atomic mass is 10.1. The Hall–Kier alpha value is -3.22. The molecule has 0 aliphatic carbocycles. The molecule has 0 N–H and O–H groups in total. The summed E-state index contributed by atoms with van der Waals surface area (Å²) in [5, 5.41) is 10.6. The minimum atomic E-state index is 0.841. The van der Waals surface area contributed by atoms with Crippen molar-refractivity contribution in [1.29, 1.82) is 0 Å². The highest BCUT2D eigenvalue weighted by atomic mass is 15.3. The Kier molecular flexibility index (Phi) is 3.44. The first kappa shape index (κ1) is 15.1. The molecule has 1 aliphatic rings. The Morgan fingerprint density at radius 1 is 0.962 bits per heavy atom. The van der Waals surface area contributed by atoms with Gasteiger partial charge >= 0.3 is 0 Å². The maximum atomic E-state index is 4.72. The number of hydrogen-bond donors (Lipinski definition) is 0. The molecule has 0 amide bonds. The predicted octanol–water partition coefficient (Wildman–Crippen LogP) is 2.31. The summed E-state index contributed by atoms with van der Waals surface area (Å²) >= 11 is 0. The predicted molar refractivity (Wildman–Crippen MR) is 102 cm³/mol. The zero-order chi connectivity index (χ0) is 17.5. The first-order valence-electron chi connectivity index (χ1n) is 8.80. The van der Waals surface area contributed by atoms with Crippen LogP contribution in [0.2, 0.25) is 0 Å². The van der Waals surface area contributed by atoms with Crippen LogP contribution in [0.5, 0.6) is 0 Å². The molecule has 1 aliphatic heterocycles. The summed E-state index contributed by atoms with van der Waals surface area (Å²) in [4.78, 5) is 13.9. The highest BCUT2D eigenvalue weighted by Gasteiger charge is 2.20. The van der Waals surface area contributed by atoms with Gasteiger partial charge in [-0.1, -0.05) is 24.3 Å². The molecule has 3 aromatic heterocycles. The van der Waals surface area contributed by atoms with E-state index in [1.807, 2.05) is 29.8 Å². The second-order valence-electron chi connectivity index (χ2n) is 6.57. The number of piperazine rings is 1. The van der Waals surface area contributed by atoms with Gasteiger partial charge in [0.15, 0.2) is 5.65 Å². The van der Waals surface area contributed by atoms with Gasteiger partial charge in [-0.25, -0.2) is 4.98 Å². The lowest BCUT2D eigenvalue weighted by Gasteiger charge is -2.37. The zero-order valence-corrected chi connectivity index (χ0v) is 14.6. The van der Waals surface area contributed by atoms with Gasteiger partial charge in [-0.15, -0.1) is 10.2 Å². The van der Waals surface area contributed by atoms with Crippen LogP contribution in [0.1, 0.15) is 5.82 Å². The zero-order valence-electron chi connectivity index (χ0n) is 14.6. The molecule has 1 fully saturated rings. The van der Waals surface area contributed by atoms with Crippen molar-refractivity contribution >= 4 is 27.9 Å². The van der Waals surface area contributed by atoms with Gasteiger partial charge < -0.3 is 9.80 Å². The molecular formula is C19H19N7. The van der Waals surface area contributed by atoms with Gasteiger partial charge in [-0.2, -0.15) is 0 Å². The molecule has 0 radical (unpaired) electrons. The van der Waals surface area contributed by atoms with Crippen LogP contribution in [-0.2, 0) is 0 Å². The second-order valence-corrected chi connectivity index (χ2v) is 6.57. The molecule has 7 heteroatoms. The number of nitrogens with zero attached hydrogens (tertiary/aromatic N) is 7. The number of aromatic nitrogens is 5. The summed E-state index contributed by atoms with van der Waals surface area (Å²) in [6.07, 6.45) is 5.60. The number of rotatable bonds is 2. The van der Waals surface area contributed by atoms with Crippen LogP contribution in [-0.4, -0.2) is 50.7 Å². The number of anilines is 2. The van der Waals surface area contributed by atoms with Crippen LogP contribution in [0.4, 0.5) is 11.5 Å². The van der Waals surface area contributed by atoms with E-state index in [1.165, 1.54) is 16.5 Å². The molecule has 1 saturated heterocycles. The van der Waals surface area contributed by atoms with Crippen molar-refractivity contribution in [1.82, 2.24) is 24.6 Å². The third-order valence-corrected chi connectivity index (χ3v) is 5.05. The van der Waals surface area contributed by atoms with Crippen LogP contribution in [0.15, 0.2) is 49.1 Å². The van der Waals surface area contributed by atoms with E-state index in [0.29, 0.717) is 0 Å². The summed E-state index contributed by atoms with van der Waals surface area (Å²) in [7, 11) is 0. The fraction of sp³-hybridized carbons (Fsp3) is 0.263. The van der Waals surface area contributed by atoms with E-state index < -0.39 is 0 Å². The first-order chi connectivity index (χ1) is 12.8. The maximum absolute atomic E-state index is 4.72. The van der Waals surface area contributed by atoms with Crippen molar-refractivity contribution in [3.8, 4) is 0 Å². The number of hydrogen-bond acceptors (Lipinski definition) is 6. The van der Waals surface area contributed by atoms with E-state index in [4.69, 9.17) is 4.98 Å². The fourth-order valence-electron chi connectivity index (χ4n) is 3.65. The maximum Gasteiger partial charge on any atom is 0.165 e. The van der Waals surface area contributed by atoms with E-state index in [0.717, 1.165) is 43.5 Å². The van der Waals surface area contributed by atoms with Crippen molar-refractivity contribution in [2.45, 2.75) is 6.92 Å². The average Bonchev–Trinajstić information content (AvgIpc) is 3.17. The molecule has 7 nitrogen and oxygen atoms in total. The molecule has 130 valence electrons. The van der Waals surface area contributed by atoms with Gasteiger partial charge in [0.2, 0.25) is 0 Å². The van der Waals surface area contributed by atoms with Gasteiger partial charge in [0.05, 0.1) is 11.9 Å². The highest BCUT2D eigenvalue weighted by molar-refractivity contribution is 5.93. The van der Waals surface area contributed by atoms with Crippen LogP contribution < -0.4 is 9.80 Å². The van der Waals surface area contributed by atoms with Crippen molar-refractivity contribution in [3.63, 3.8) is 0 Å². The number of fused-ring (bicyclic) bond motifs is 2. The Bertz CT molecular complexity index is 1070. The van der Waals surface area contributed by atoms with E-state index >= 15 is 0 Å². The second kappa shape index (κ2) is 5.94. The summed E-state index contributed by atoms with van der Waals surface area (Å²) in [5.41, 5.74) is 2.05. The molecule has 0 bridgehead atoms. The van der Waals surface area contributed by atoms with Gasteiger partial charge in [0.1, 0.15) is 18.0 Å². The van der Waals surface area contributed by atoms with Crippen molar-refractivity contribution < 1.29 is 0 Å². The summed E-state index contributed by atoms with van der Waals surface area (Å²) in [6.45, 7) is 5.69. The Morgan fingerprint density at radius 3 is 2.65 bits per heavy atom. The van der Waals surface area contributed by atoms with Crippen molar-refractivity contribution in [2.75, 3.05) is 36.0 Å². The smallest absolute Gasteiger partial charge is 0.165 e. The third kappa shape index (κ3) is 2.44. The van der Waals surface area contributed by atoms with Crippen LogP contribution in [0.25, 0.3) is 16.4 Å². The first-order valence-corrected chi connectivity index (χ1v) is 8.80. The quantitative estimate of drug-likeness (QED) is 0.556. The normalized spacial score (nSPS) is 15.1. The number of aryl methyl sites for hydroxylation is 1. The molecule has 0 spiro atoms. The molecule has 0 atom stereocenters. The Morgan fingerprint density at radius 2 is 1.77 bits per heavy atom. The van der Waals surface area contributed by atoms with Gasteiger partial charge in [-0.05, 0) is 6.92 Å². The van der Waals surface area contributed by atoms with E-state index in [-0.39, 0.29) is 0 Å². The van der Waals surface area contributed by atoms with Crippen LogP contribution in [0.3, 0.4) is 0 Å². The summed E-state index contributed by atoms with van der Waals surface area (Å²) < 4.78 is 1.90. The lowest BCUT2D eigenvalue weighted by Crippen LogP contribution is -2.47. The minimum absolute atomic E-state index is 0.841. The molecule has 5 rings (SSSR count). The topological polar surface area (TPSA) is 62.5 Å². The molecular weight excluding hydrogens is 326 g/mol. The standard InChI is InChI=1S/C19H19N7/c1-14-22-18(10-19-23-21-13-26(14)19)25-8-6-24(7-9-25)17-12-20-11-15-4-2-3-5-16(15)17/h2-5,10-13H,6-9H2,1H3. The van der Waals surface area contributed by atoms with Crippen LogP contribution in [0, 0.1) is 6.92 Å². The summed E-state index contributed by atoms with van der Waals surface area (Å²) in [6, 6.07) is 10.4. The molecule has 4 aromatic rings. The van der Waals surface area contributed by atoms with E-state index in [1.54, 1.807) is 6.33 Å². The van der Waals surface area contributed by atoms with Gasteiger partial charge in [-0.3, -0.25) is 9.38 Å². The number of pyridine rings is 1. The minimum Gasteiger partial charge on any atom is -0.366 e. The summed E-state index contributed by atoms with van der Waals surface area (Å²) in [5.74, 6) is 1.88. The SMILES string of the molecule is Cc1nc(N2CCN(c3cncc4ccccc34)CC2)cc2nncn12. The molecule has 4 heterocycles. The highest BCUT2D eigenvalue weighted by Crippen LogP contribution is 2.27. The average molecular weight is 345 g/mol. The van der Waals surface area contributed by atoms with E-state index in [2.05, 4.69) is 49.2 Å². The monoisotopic (exact) mass is 345 g/mol. The largest absolute Gasteiger partial charge is 0.366 e. The van der Waals surface area contributed by atoms with Crippen molar-refractivity contribution in [2.24, 2.45) is 0 Å². The molecule has 1 aromatic carbocycles. The van der Waals surface area contributed by atoms with Crippen LogP contribution >= 0.6 is 0 Å². The lowest BCUT2D eigenvalue weighted by molar-refractivity contribution is 0.646. The van der Waals surface area contributed by atoms with Gasteiger partial charge in [0.25, 0.3) is 0 Å². The third-order valence-electron chi connectivity index (χ3n) is 5.05. The molecule has 26 heavy (non-hydrogen) atoms. The Balaban J connectivity index is 1.40. The van der Waals surface area contributed by atoms with Gasteiger partial charge in [0, 0.05) is 49.2 Å². The molecule has 0 unspecified atom stereocenters. The van der Waals surface area contributed by atoms with Crippen molar-refractivity contribution in [3.05, 3.63) is 54.9 Å². The Labute approximate surface area is 150 Å². The van der Waals surface area contributed by atoms with E-state index in [9.17, 15) is 0 Å². The molecule has 0 saturated carbocycles. The number of benzene rings is 1. The fourth-order valence-corrected chi connectivity index (χ4v) is 3.65.